The van der Waals surface area contributed by atoms with E-state index in [1.54, 1.807) is 24.3 Å². The molecule has 26 heavy (non-hydrogen) atoms. The highest BCUT2D eigenvalue weighted by atomic mass is 16.5. The third kappa shape index (κ3) is 6.21. The van der Waals surface area contributed by atoms with Gasteiger partial charge in [0.1, 0.15) is 18.1 Å². The molecule has 0 aliphatic heterocycles. The molecule has 0 heterocycles. The number of carbonyl (C=O) groups is 2. The number of ether oxygens (including phenoxy) is 2. The van der Waals surface area contributed by atoms with Crippen molar-refractivity contribution >= 4 is 17.6 Å². The van der Waals surface area contributed by atoms with E-state index in [0.29, 0.717) is 17.9 Å². The molecule has 1 amide bonds. The van der Waals surface area contributed by atoms with E-state index in [1.165, 1.54) is 6.92 Å². The second-order valence-corrected chi connectivity index (χ2v) is 5.81. The van der Waals surface area contributed by atoms with E-state index < -0.39 is 17.9 Å². The average Bonchev–Trinajstić information content (AvgIpc) is 2.64. The van der Waals surface area contributed by atoms with Crippen molar-refractivity contribution in [1.82, 2.24) is 5.06 Å². The van der Waals surface area contributed by atoms with Crippen LogP contribution >= 0.6 is 0 Å². The number of hydrogen-bond acceptors (Lipinski definition) is 7. The maximum atomic E-state index is 11.9. The fourth-order valence-electron chi connectivity index (χ4n) is 2.01. The number of benzene rings is 1. The summed E-state index contributed by atoms with van der Waals surface area (Å²) in [6.07, 6.45) is 1.96. The third-order valence-electron chi connectivity index (χ3n) is 3.53. The molecule has 1 aromatic carbocycles. The minimum absolute atomic E-state index is 0.0157. The maximum absolute atomic E-state index is 11.9. The monoisotopic (exact) mass is 364 g/mol. The van der Waals surface area contributed by atoms with Gasteiger partial charge in [-0.25, -0.2) is 9.86 Å². The molecular weight excluding hydrogens is 340 g/mol. The van der Waals surface area contributed by atoms with Gasteiger partial charge in [-0.15, -0.1) is 0 Å². The van der Waals surface area contributed by atoms with Crippen molar-refractivity contribution < 1.29 is 29.5 Å². The zero-order valence-corrected chi connectivity index (χ0v) is 15.3. The van der Waals surface area contributed by atoms with Gasteiger partial charge in [0, 0.05) is 6.42 Å². The van der Waals surface area contributed by atoms with Crippen LogP contribution in [-0.2, 0) is 20.7 Å². The van der Waals surface area contributed by atoms with Crippen LogP contribution in [0, 0.1) is 0 Å². The Kier molecular flexibility index (Phi) is 8.30. The third-order valence-corrected chi connectivity index (χ3v) is 3.53. The van der Waals surface area contributed by atoms with Crippen molar-refractivity contribution in [3.05, 3.63) is 41.5 Å². The van der Waals surface area contributed by atoms with Crippen molar-refractivity contribution in [2.24, 2.45) is 5.16 Å². The van der Waals surface area contributed by atoms with E-state index in [9.17, 15) is 14.8 Å². The van der Waals surface area contributed by atoms with Crippen molar-refractivity contribution in [1.29, 1.82) is 0 Å². The van der Waals surface area contributed by atoms with E-state index in [2.05, 4.69) is 9.89 Å². The van der Waals surface area contributed by atoms with Crippen molar-refractivity contribution in [3.63, 3.8) is 0 Å². The first kappa shape index (κ1) is 21.2. The van der Waals surface area contributed by atoms with E-state index in [4.69, 9.17) is 9.94 Å². The van der Waals surface area contributed by atoms with Gasteiger partial charge >= 0.3 is 5.97 Å². The number of carbonyl (C=O) groups excluding carboxylic acids is 2. The smallest absolute Gasteiger partial charge is 0.331 e. The summed E-state index contributed by atoms with van der Waals surface area (Å²) in [7, 11) is 1.15. The second kappa shape index (κ2) is 10.2. The molecule has 0 saturated carbocycles. The number of amides is 1. The summed E-state index contributed by atoms with van der Waals surface area (Å²) in [5, 5.41) is 21.6. The van der Waals surface area contributed by atoms with Crippen LogP contribution in [0.3, 0.4) is 0 Å². The molecule has 0 bridgehead atoms. The average molecular weight is 364 g/mol. The Morgan fingerprint density at radius 1 is 1.23 bits per heavy atom. The normalized spacial score (nSPS) is 12.1. The summed E-state index contributed by atoms with van der Waals surface area (Å²) < 4.78 is 10.2. The highest BCUT2D eigenvalue weighted by Crippen LogP contribution is 2.16. The molecule has 0 aromatic heterocycles. The molecule has 1 aromatic rings. The first-order chi connectivity index (χ1) is 12.3. The van der Waals surface area contributed by atoms with E-state index in [0.717, 1.165) is 12.7 Å². The standard InChI is InChI=1S/C18H24N2O6/c1-12(2)9-10-26-15-7-5-14(6-8-15)11-16(18(22)25-4)20(24)17(21)13(3)19-23/h5-9,16,23-24H,10-11H2,1-4H3. The number of methoxy groups -OCH3 is 1. The molecule has 142 valence electrons. The minimum Gasteiger partial charge on any atom is -0.490 e. The zero-order chi connectivity index (χ0) is 19.7. The summed E-state index contributed by atoms with van der Waals surface area (Å²) in [6, 6.07) is 5.62. The van der Waals surface area contributed by atoms with Crippen LogP contribution in [0.15, 0.2) is 41.1 Å². The molecule has 0 spiro atoms. The molecule has 2 N–H and O–H groups in total. The molecule has 1 atom stereocenters. The van der Waals surface area contributed by atoms with Gasteiger partial charge in [0.15, 0.2) is 6.04 Å². The van der Waals surface area contributed by atoms with Crippen LogP contribution < -0.4 is 4.74 Å². The second-order valence-electron chi connectivity index (χ2n) is 5.81. The quantitative estimate of drug-likeness (QED) is 0.183. The van der Waals surface area contributed by atoms with Crippen molar-refractivity contribution in [2.45, 2.75) is 33.2 Å². The summed E-state index contributed by atoms with van der Waals surface area (Å²) >= 11 is 0. The van der Waals surface area contributed by atoms with Crippen LogP contribution in [0.2, 0.25) is 0 Å². The molecule has 0 aliphatic carbocycles. The number of oxime groups is 1. The summed E-state index contributed by atoms with van der Waals surface area (Å²) in [5.74, 6) is -1.14. The van der Waals surface area contributed by atoms with Gasteiger partial charge in [-0.3, -0.25) is 10.0 Å². The fraction of sp³-hybridized carbons (Fsp3) is 0.389. The van der Waals surface area contributed by atoms with Gasteiger partial charge in [0.2, 0.25) is 0 Å². The van der Waals surface area contributed by atoms with Crippen LogP contribution in [-0.4, -0.2) is 52.8 Å². The molecule has 0 saturated heterocycles. The molecule has 1 rings (SSSR count). The first-order valence-electron chi connectivity index (χ1n) is 7.94. The molecule has 8 heteroatoms. The number of hydroxylamine groups is 2. The lowest BCUT2D eigenvalue weighted by Gasteiger charge is -2.23. The number of hydrogen-bond donors (Lipinski definition) is 2. The van der Waals surface area contributed by atoms with Crippen molar-refractivity contribution in [2.75, 3.05) is 13.7 Å². The van der Waals surface area contributed by atoms with E-state index >= 15 is 0 Å². The largest absolute Gasteiger partial charge is 0.490 e. The Bertz CT molecular complexity index is 677. The fourth-order valence-corrected chi connectivity index (χ4v) is 2.01. The van der Waals surface area contributed by atoms with Gasteiger partial charge in [0.25, 0.3) is 5.91 Å². The lowest BCUT2D eigenvalue weighted by molar-refractivity contribution is -0.181. The van der Waals surface area contributed by atoms with E-state index in [-0.39, 0.29) is 17.2 Å². The van der Waals surface area contributed by atoms with Gasteiger partial charge in [-0.1, -0.05) is 22.9 Å². The highest BCUT2D eigenvalue weighted by Gasteiger charge is 2.31. The Morgan fingerprint density at radius 3 is 2.35 bits per heavy atom. The molecular formula is C18H24N2O6. The van der Waals surface area contributed by atoms with Gasteiger partial charge in [-0.05, 0) is 44.5 Å². The maximum Gasteiger partial charge on any atom is 0.331 e. The Morgan fingerprint density at radius 2 is 1.85 bits per heavy atom. The van der Waals surface area contributed by atoms with Crippen LogP contribution in [0.25, 0.3) is 0 Å². The molecule has 0 fully saturated rings. The lowest BCUT2D eigenvalue weighted by atomic mass is 10.1. The van der Waals surface area contributed by atoms with Gasteiger partial charge in [0.05, 0.1) is 7.11 Å². The topological polar surface area (TPSA) is 109 Å². The molecule has 0 radical (unpaired) electrons. The Hall–Kier alpha value is -2.87. The predicted molar refractivity (Wildman–Crippen MR) is 94.4 cm³/mol. The van der Waals surface area contributed by atoms with E-state index in [1.807, 2.05) is 19.9 Å². The number of nitrogens with zero attached hydrogens (tertiary/aromatic N) is 2. The van der Waals surface area contributed by atoms with Gasteiger partial charge < -0.3 is 14.7 Å². The number of rotatable bonds is 8. The van der Waals surface area contributed by atoms with Crippen LogP contribution in [0.5, 0.6) is 5.75 Å². The zero-order valence-electron chi connectivity index (χ0n) is 15.3. The Labute approximate surface area is 152 Å². The SMILES string of the molecule is COC(=O)C(Cc1ccc(OCC=C(C)C)cc1)N(O)C(=O)C(C)=NO. The van der Waals surface area contributed by atoms with Gasteiger partial charge in [-0.2, -0.15) is 0 Å². The molecule has 0 aliphatic rings. The lowest BCUT2D eigenvalue weighted by Crippen LogP contribution is -2.47. The van der Waals surface area contributed by atoms with Crippen molar-refractivity contribution in [3.8, 4) is 5.75 Å². The number of esters is 1. The van der Waals surface area contributed by atoms with Crippen LogP contribution in [0.4, 0.5) is 0 Å². The molecule has 1 unspecified atom stereocenters. The summed E-state index contributed by atoms with van der Waals surface area (Å²) in [4.78, 5) is 23.8. The minimum atomic E-state index is -1.28. The first-order valence-corrected chi connectivity index (χ1v) is 7.94. The summed E-state index contributed by atoms with van der Waals surface area (Å²) in [5.41, 5.74) is 1.47. The predicted octanol–water partition coefficient (Wildman–Crippen LogP) is 2.18. The highest BCUT2D eigenvalue weighted by molar-refractivity contribution is 6.37. The molecule has 8 nitrogen and oxygen atoms in total. The Balaban J connectivity index is 2.87. The summed E-state index contributed by atoms with van der Waals surface area (Å²) in [6.45, 7) is 5.61. The van der Waals surface area contributed by atoms with Crippen LogP contribution in [0.1, 0.15) is 26.3 Å². The number of allylic oxidation sites excluding steroid dienone is 1.